The van der Waals surface area contributed by atoms with Crippen molar-refractivity contribution in [2.45, 2.75) is 26.2 Å². The van der Waals surface area contributed by atoms with Crippen LogP contribution in [0.4, 0.5) is 0 Å². The lowest BCUT2D eigenvalue weighted by atomic mass is 10.1. The number of halogens is 1. The number of carbonyl (C=O) groups excluding carboxylic acids is 2. The van der Waals surface area contributed by atoms with Crippen LogP contribution in [-0.2, 0) is 11.2 Å². The summed E-state index contributed by atoms with van der Waals surface area (Å²) in [5, 5.41) is 4.47. The molecular weight excluding hydrogens is 440 g/mol. The summed E-state index contributed by atoms with van der Waals surface area (Å²) in [4.78, 5) is 24.2. The Morgan fingerprint density at radius 2 is 1.76 bits per heavy atom. The van der Waals surface area contributed by atoms with Gasteiger partial charge in [0.2, 0.25) is 0 Å². The summed E-state index contributed by atoms with van der Waals surface area (Å²) in [6.45, 7) is 2.01. The minimum Gasteiger partial charge on any atom is -0.484 e. The van der Waals surface area contributed by atoms with E-state index in [0.717, 1.165) is 19.3 Å². The Labute approximate surface area is 198 Å². The van der Waals surface area contributed by atoms with Gasteiger partial charge < -0.3 is 9.47 Å². The lowest BCUT2D eigenvalue weighted by Crippen LogP contribution is -2.24. The van der Waals surface area contributed by atoms with Crippen molar-refractivity contribution in [3.63, 3.8) is 0 Å². The second kappa shape index (κ2) is 12.4. The van der Waals surface area contributed by atoms with Crippen molar-refractivity contribution >= 4 is 29.7 Å². The van der Waals surface area contributed by atoms with Crippen LogP contribution in [-0.4, -0.2) is 24.7 Å². The van der Waals surface area contributed by atoms with Gasteiger partial charge in [-0.25, -0.2) is 10.2 Å². The molecule has 3 aromatic carbocycles. The molecule has 0 saturated carbocycles. The van der Waals surface area contributed by atoms with Gasteiger partial charge in [-0.1, -0.05) is 49.2 Å². The predicted molar refractivity (Wildman–Crippen MR) is 129 cm³/mol. The highest BCUT2D eigenvalue weighted by atomic mass is 35.5. The SMILES string of the molecule is CCCCc1ccc(OCC(=O)NN=Cc2cccc(OC(=O)c3ccc(Cl)cc3)c2)cc1. The zero-order valence-corrected chi connectivity index (χ0v) is 19.0. The van der Waals surface area contributed by atoms with E-state index in [1.165, 1.54) is 11.8 Å². The summed E-state index contributed by atoms with van der Waals surface area (Å²) in [5.41, 5.74) is 4.71. The van der Waals surface area contributed by atoms with Crippen LogP contribution in [0.5, 0.6) is 11.5 Å². The van der Waals surface area contributed by atoms with E-state index < -0.39 is 5.97 Å². The summed E-state index contributed by atoms with van der Waals surface area (Å²) in [5.74, 6) is 0.108. The summed E-state index contributed by atoms with van der Waals surface area (Å²) >= 11 is 5.84. The minimum atomic E-state index is -0.496. The quantitative estimate of drug-likeness (QED) is 0.188. The number of ether oxygens (including phenoxy) is 2. The molecule has 0 aliphatic rings. The molecular formula is C26H25ClN2O4. The van der Waals surface area contributed by atoms with Gasteiger partial charge in [0.15, 0.2) is 6.61 Å². The van der Waals surface area contributed by atoms with Crippen LogP contribution < -0.4 is 14.9 Å². The van der Waals surface area contributed by atoms with Gasteiger partial charge in [-0.05, 0) is 72.5 Å². The number of aryl methyl sites for hydroxylation is 1. The number of hydrogen-bond acceptors (Lipinski definition) is 5. The van der Waals surface area contributed by atoms with Crippen LogP contribution in [0, 0.1) is 0 Å². The van der Waals surface area contributed by atoms with Crippen molar-refractivity contribution in [3.05, 3.63) is 94.5 Å². The second-order valence-electron chi connectivity index (χ2n) is 7.30. The first kappa shape index (κ1) is 24.0. The molecule has 6 nitrogen and oxygen atoms in total. The minimum absolute atomic E-state index is 0.148. The highest BCUT2D eigenvalue weighted by Crippen LogP contribution is 2.16. The number of unbranched alkanes of at least 4 members (excludes halogenated alkanes) is 1. The molecule has 7 heteroatoms. The van der Waals surface area contributed by atoms with Crippen molar-refractivity contribution in [3.8, 4) is 11.5 Å². The fraction of sp³-hybridized carbons (Fsp3) is 0.192. The molecule has 0 aliphatic carbocycles. The average Bonchev–Trinajstić information content (AvgIpc) is 2.83. The first-order chi connectivity index (χ1) is 16.0. The second-order valence-corrected chi connectivity index (χ2v) is 7.73. The molecule has 0 saturated heterocycles. The van der Waals surface area contributed by atoms with Gasteiger partial charge in [0.1, 0.15) is 11.5 Å². The Balaban J connectivity index is 1.46. The molecule has 0 bridgehead atoms. The summed E-state index contributed by atoms with van der Waals surface area (Å²) in [6.07, 6.45) is 4.79. The molecule has 3 rings (SSSR count). The number of carbonyl (C=O) groups is 2. The topological polar surface area (TPSA) is 77.0 Å². The van der Waals surface area contributed by atoms with E-state index in [1.54, 1.807) is 48.5 Å². The van der Waals surface area contributed by atoms with E-state index in [-0.39, 0.29) is 12.5 Å². The summed E-state index contributed by atoms with van der Waals surface area (Å²) in [7, 11) is 0. The summed E-state index contributed by atoms with van der Waals surface area (Å²) < 4.78 is 10.9. The number of amides is 1. The Hall–Kier alpha value is -3.64. The molecule has 0 aliphatic heterocycles. The van der Waals surface area contributed by atoms with Crippen LogP contribution in [0.3, 0.4) is 0 Å². The lowest BCUT2D eigenvalue weighted by Gasteiger charge is -2.06. The van der Waals surface area contributed by atoms with E-state index in [0.29, 0.717) is 27.6 Å². The van der Waals surface area contributed by atoms with Crippen LogP contribution in [0.1, 0.15) is 41.3 Å². The molecule has 0 aromatic heterocycles. The van der Waals surface area contributed by atoms with Gasteiger partial charge in [0.25, 0.3) is 5.91 Å². The molecule has 1 N–H and O–H groups in total. The van der Waals surface area contributed by atoms with Crippen molar-refractivity contribution in [1.82, 2.24) is 5.43 Å². The number of benzene rings is 3. The maximum Gasteiger partial charge on any atom is 0.343 e. The van der Waals surface area contributed by atoms with Gasteiger partial charge in [-0.3, -0.25) is 4.79 Å². The average molecular weight is 465 g/mol. The molecule has 3 aromatic rings. The zero-order chi connectivity index (χ0) is 23.5. The smallest absolute Gasteiger partial charge is 0.343 e. The fourth-order valence-corrected chi connectivity index (χ4v) is 3.03. The maximum absolute atomic E-state index is 12.2. The first-order valence-corrected chi connectivity index (χ1v) is 11.0. The monoisotopic (exact) mass is 464 g/mol. The molecule has 0 atom stereocenters. The van der Waals surface area contributed by atoms with Gasteiger partial charge in [-0.15, -0.1) is 0 Å². The van der Waals surface area contributed by atoms with E-state index in [2.05, 4.69) is 17.5 Å². The maximum atomic E-state index is 12.2. The number of hydrazone groups is 1. The van der Waals surface area contributed by atoms with E-state index in [4.69, 9.17) is 21.1 Å². The fourth-order valence-electron chi connectivity index (χ4n) is 2.90. The molecule has 1 amide bonds. The Morgan fingerprint density at radius 1 is 1.00 bits per heavy atom. The van der Waals surface area contributed by atoms with E-state index in [9.17, 15) is 9.59 Å². The Morgan fingerprint density at radius 3 is 2.48 bits per heavy atom. The standard InChI is InChI=1S/C26H25ClN2O4/c1-2-3-5-19-8-14-23(15-9-19)32-18-25(30)29-28-17-20-6-4-7-24(16-20)33-26(31)21-10-12-22(27)13-11-21/h4,6-17H,2-3,5,18H2,1H3,(H,29,30). The number of nitrogens with zero attached hydrogens (tertiary/aromatic N) is 1. The van der Waals surface area contributed by atoms with Crippen molar-refractivity contribution < 1.29 is 19.1 Å². The van der Waals surface area contributed by atoms with Crippen LogP contribution in [0.25, 0.3) is 0 Å². The van der Waals surface area contributed by atoms with Gasteiger partial charge in [0, 0.05) is 5.02 Å². The van der Waals surface area contributed by atoms with Crippen LogP contribution in [0.2, 0.25) is 5.02 Å². The lowest BCUT2D eigenvalue weighted by molar-refractivity contribution is -0.123. The Kier molecular flexibility index (Phi) is 9.03. The van der Waals surface area contributed by atoms with Gasteiger partial charge in [0.05, 0.1) is 11.8 Å². The molecule has 170 valence electrons. The normalized spacial score (nSPS) is 10.7. The largest absolute Gasteiger partial charge is 0.484 e. The highest BCUT2D eigenvalue weighted by Gasteiger charge is 2.08. The first-order valence-electron chi connectivity index (χ1n) is 10.6. The molecule has 0 fully saturated rings. The summed E-state index contributed by atoms with van der Waals surface area (Å²) in [6, 6.07) is 21.0. The van der Waals surface area contributed by atoms with Gasteiger partial charge in [-0.2, -0.15) is 5.10 Å². The molecule has 0 spiro atoms. The van der Waals surface area contributed by atoms with Crippen molar-refractivity contribution in [2.24, 2.45) is 5.10 Å². The number of hydrogen-bond donors (Lipinski definition) is 1. The van der Waals surface area contributed by atoms with Crippen LogP contribution >= 0.6 is 11.6 Å². The van der Waals surface area contributed by atoms with Gasteiger partial charge >= 0.3 is 5.97 Å². The van der Waals surface area contributed by atoms with E-state index >= 15 is 0 Å². The molecule has 33 heavy (non-hydrogen) atoms. The zero-order valence-electron chi connectivity index (χ0n) is 18.3. The third kappa shape index (κ3) is 8.09. The number of esters is 1. The van der Waals surface area contributed by atoms with Crippen molar-refractivity contribution in [2.75, 3.05) is 6.61 Å². The molecule has 0 heterocycles. The number of nitrogens with one attached hydrogen (secondary N) is 1. The highest BCUT2D eigenvalue weighted by molar-refractivity contribution is 6.30. The Bertz CT molecular complexity index is 1100. The number of rotatable bonds is 10. The van der Waals surface area contributed by atoms with Crippen LogP contribution in [0.15, 0.2) is 77.9 Å². The van der Waals surface area contributed by atoms with Crippen molar-refractivity contribution in [1.29, 1.82) is 0 Å². The third-order valence-electron chi connectivity index (χ3n) is 4.66. The molecule has 0 radical (unpaired) electrons. The van der Waals surface area contributed by atoms with E-state index in [1.807, 2.05) is 24.3 Å². The molecule has 0 unspecified atom stereocenters. The predicted octanol–water partition coefficient (Wildman–Crippen LogP) is 5.43. The third-order valence-corrected chi connectivity index (χ3v) is 4.92.